The molecule has 0 saturated heterocycles. The van der Waals surface area contributed by atoms with Gasteiger partial charge in [0.25, 0.3) is 0 Å². The number of hydrogen-bond donors (Lipinski definition) is 0. The summed E-state index contributed by atoms with van der Waals surface area (Å²) in [7, 11) is 0. The van der Waals surface area contributed by atoms with E-state index in [0.717, 1.165) is 37.1 Å². The van der Waals surface area contributed by atoms with E-state index in [1.54, 1.807) is 0 Å². The largest absolute Gasteiger partial charge is 0.466 e. The van der Waals surface area contributed by atoms with Crippen LogP contribution in [0.1, 0.15) is 48.5 Å². The smallest absolute Gasteiger partial charge is 0.416 e. The van der Waals surface area contributed by atoms with Crippen molar-refractivity contribution in [2.75, 3.05) is 6.61 Å². The number of hydrogen-bond acceptors (Lipinski definition) is 3. The molecule has 0 radical (unpaired) electrons. The molecule has 0 aromatic heterocycles. The third-order valence-corrected chi connectivity index (χ3v) is 2.85. The molecule has 0 bridgehead atoms. The molecular weight excluding hydrogens is 285 g/mol. The Kier molecular flexibility index (Phi) is 6.39. The number of ketones is 1. The van der Waals surface area contributed by atoms with Gasteiger partial charge in [0, 0.05) is 12.0 Å². The average Bonchev–Trinajstić information content (AvgIpc) is 2.44. The molecule has 21 heavy (non-hydrogen) atoms. The topological polar surface area (TPSA) is 43.4 Å². The van der Waals surface area contributed by atoms with Crippen molar-refractivity contribution in [1.29, 1.82) is 0 Å². The molecule has 0 amide bonds. The lowest BCUT2D eigenvalue weighted by Crippen LogP contribution is -2.10. The van der Waals surface area contributed by atoms with Gasteiger partial charge in [-0.1, -0.05) is 25.5 Å². The number of halogens is 3. The molecule has 0 aliphatic carbocycles. The lowest BCUT2D eigenvalue weighted by Gasteiger charge is -2.07. The minimum absolute atomic E-state index is 0.0659. The van der Waals surface area contributed by atoms with Crippen LogP contribution in [0.25, 0.3) is 0 Å². The van der Waals surface area contributed by atoms with Crippen LogP contribution in [0.3, 0.4) is 0 Å². The maximum atomic E-state index is 12.4. The molecule has 0 saturated carbocycles. The van der Waals surface area contributed by atoms with Gasteiger partial charge < -0.3 is 4.74 Å². The van der Waals surface area contributed by atoms with Crippen molar-refractivity contribution in [1.82, 2.24) is 0 Å². The second-order valence-corrected chi connectivity index (χ2v) is 4.57. The van der Waals surface area contributed by atoms with E-state index < -0.39 is 17.7 Å². The van der Waals surface area contributed by atoms with Gasteiger partial charge in [-0.25, -0.2) is 0 Å². The molecule has 1 rings (SSSR count). The maximum absolute atomic E-state index is 12.4. The lowest BCUT2D eigenvalue weighted by molar-refractivity contribution is -0.143. The first-order valence-corrected chi connectivity index (χ1v) is 6.70. The third kappa shape index (κ3) is 5.97. The second-order valence-electron chi connectivity index (χ2n) is 4.57. The van der Waals surface area contributed by atoms with E-state index in [9.17, 15) is 22.8 Å². The van der Waals surface area contributed by atoms with Crippen LogP contribution in [0, 0.1) is 0 Å². The Morgan fingerprint density at radius 1 is 1.10 bits per heavy atom. The Labute approximate surface area is 121 Å². The third-order valence-electron chi connectivity index (χ3n) is 2.85. The van der Waals surface area contributed by atoms with Gasteiger partial charge in [0.2, 0.25) is 0 Å². The number of alkyl halides is 3. The number of carbonyl (C=O) groups is 2. The van der Waals surface area contributed by atoms with E-state index in [2.05, 4.69) is 0 Å². The number of esters is 1. The van der Waals surface area contributed by atoms with Crippen LogP contribution in [-0.2, 0) is 15.7 Å². The quantitative estimate of drug-likeness (QED) is 0.434. The summed E-state index contributed by atoms with van der Waals surface area (Å²) in [6, 6.07) is 3.95. The maximum Gasteiger partial charge on any atom is 0.416 e. The zero-order valence-corrected chi connectivity index (χ0v) is 11.7. The van der Waals surface area contributed by atoms with Gasteiger partial charge in [-0.2, -0.15) is 13.2 Å². The summed E-state index contributed by atoms with van der Waals surface area (Å²) < 4.78 is 42.0. The monoisotopic (exact) mass is 302 g/mol. The number of carbonyl (C=O) groups excluding carboxylic acids is 2. The molecule has 0 unspecified atom stereocenters. The van der Waals surface area contributed by atoms with Crippen molar-refractivity contribution in [3.8, 4) is 0 Å². The van der Waals surface area contributed by atoms with Crippen LogP contribution in [-0.4, -0.2) is 18.4 Å². The Hall–Kier alpha value is -1.85. The van der Waals surface area contributed by atoms with Gasteiger partial charge in [-0.3, -0.25) is 9.59 Å². The second kappa shape index (κ2) is 7.81. The molecule has 0 heterocycles. The molecule has 0 N–H and O–H groups in total. The van der Waals surface area contributed by atoms with Gasteiger partial charge in [0.1, 0.15) is 0 Å². The van der Waals surface area contributed by atoms with Crippen molar-refractivity contribution in [3.63, 3.8) is 0 Å². The lowest BCUT2D eigenvalue weighted by atomic mass is 10.0. The van der Waals surface area contributed by atoms with Crippen LogP contribution in [0.4, 0.5) is 13.2 Å². The summed E-state index contributed by atoms with van der Waals surface area (Å²) in [5.74, 6) is -0.847. The first-order chi connectivity index (χ1) is 9.84. The first-order valence-electron chi connectivity index (χ1n) is 6.70. The molecule has 0 fully saturated rings. The number of benzene rings is 1. The summed E-state index contributed by atoms with van der Waals surface area (Å²) in [6.45, 7) is 2.28. The Bertz CT molecular complexity index is 478. The molecule has 0 aliphatic rings. The molecule has 6 heteroatoms. The van der Waals surface area contributed by atoms with E-state index in [1.807, 2.05) is 6.92 Å². The highest BCUT2D eigenvalue weighted by molar-refractivity contribution is 5.97. The summed E-state index contributed by atoms with van der Waals surface area (Å²) in [5, 5.41) is 0. The van der Waals surface area contributed by atoms with Gasteiger partial charge in [-0.05, 0) is 18.6 Å². The van der Waals surface area contributed by atoms with Crippen molar-refractivity contribution < 1.29 is 27.5 Å². The molecule has 1 aromatic rings. The highest BCUT2D eigenvalue weighted by atomic mass is 19.4. The van der Waals surface area contributed by atoms with Gasteiger partial charge in [0.05, 0.1) is 18.6 Å². The fourth-order valence-corrected chi connectivity index (χ4v) is 1.61. The van der Waals surface area contributed by atoms with Crippen molar-refractivity contribution in [2.45, 2.75) is 38.8 Å². The summed E-state index contributed by atoms with van der Waals surface area (Å²) in [6.07, 6.45) is -2.90. The Morgan fingerprint density at radius 3 is 2.24 bits per heavy atom. The molecule has 0 aliphatic heterocycles. The zero-order valence-electron chi connectivity index (χ0n) is 11.7. The van der Waals surface area contributed by atoms with Gasteiger partial charge in [0.15, 0.2) is 5.78 Å². The molecule has 0 atom stereocenters. The normalized spacial score (nSPS) is 11.2. The van der Waals surface area contributed by atoms with E-state index >= 15 is 0 Å². The van der Waals surface area contributed by atoms with Crippen LogP contribution in [0.5, 0.6) is 0 Å². The number of rotatable bonds is 7. The van der Waals surface area contributed by atoms with Crippen molar-refractivity contribution in [2.24, 2.45) is 0 Å². The number of ether oxygens (including phenoxy) is 1. The molecule has 3 nitrogen and oxygen atoms in total. The average molecular weight is 302 g/mol. The van der Waals surface area contributed by atoms with Crippen molar-refractivity contribution >= 4 is 11.8 Å². The predicted octanol–water partition coefficient (Wildman–Crippen LogP) is 4.01. The molecule has 1 aromatic carbocycles. The highest BCUT2D eigenvalue weighted by Crippen LogP contribution is 2.29. The number of unbranched alkanes of at least 4 members (excludes halogenated alkanes) is 1. The highest BCUT2D eigenvalue weighted by Gasteiger charge is 2.30. The fourth-order valence-electron chi connectivity index (χ4n) is 1.61. The number of Topliss-reactive ketones (excluding diaryl/α,β-unsaturated/α-hetero) is 1. The minimum Gasteiger partial charge on any atom is -0.466 e. The standard InChI is InChI=1S/C15H17F3O3/c1-2-3-10-21-14(20)9-8-13(19)11-4-6-12(7-5-11)15(16,17)18/h4-7H,2-3,8-10H2,1H3. The van der Waals surface area contributed by atoms with Crippen LogP contribution in [0.15, 0.2) is 24.3 Å². The van der Waals surface area contributed by atoms with Crippen LogP contribution >= 0.6 is 0 Å². The zero-order chi connectivity index (χ0) is 15.9. The van der Waals surface area contributed by atoms with E-state index in [4.69, 9.17) is 4.74 Å². The fraction of sp³-hybridized carbons (Fsp3) is 0.467. The van der Waals surface area contributed by atoms with Crippen molar-refractivity contribution in [3.05, 3.63) is 35.4 Å². The van der Waals surface area contributed by atoms with Gasteiger partial charge in [-0.15, -0.1) is 0 Å². The Balaban J connectivity index is 2.47. The van der Waals surface area contributed by atoms with Crippen LogP contribution in [0.2, 0.25) is 0 Å². The summed E-state index contributed by atoms with van der Waals surface area (Å²) >= 11 is 0. The van der Waals surface area contributed by atoms with Gasteiger partial charge >= 0.3 is 12.1 Å². The Morgan fingerprint density at radius 2 is 1.71 bits per heavy atom. The molecular formula is C15H17F3O3. The SMILES string of the molecule is CCCCOC(=O)CCC(=O)c1ccc(C(F)(F)F)cc1. The van der Waals surface area contributed by atoms with Crippen LogP contribution < -0.4 is 0 Å². The van der Waals surface area contributed by atoms with E-state index in [1.165, 1.54) is 0 Å². The minimum atomic E-state index is -4.43. The summed E-state index contributed by atoms with van der Waals surface area (Å²) in [4.78, 5) is 23.1. The van der Waals surface area contributed by atoms with E-state index in [-0.39, 0.29) is 24.2 Å². The molecule has 0 spiro atoms. The predicted molar refractivity (Wildman–Crippen MR) is 70.9 cm³/mol. The summed E-state index contributed by atoms with van der Waals surface area (Å²) in [5.41, 5.74) is -0.651. The van der Waals surface area contributed by atoms with E-state index in [0.29, 0.717) is 6.61 Å². The molecule has 116 valence electrons. The first kappa shape index (κ1) is 17.2.